The quantitative estimate of drug-likeness (QED) is 0.574. The molecule has 2 unspecified atom stereocenters. The van der Waals surface area contributed by atoms with E-state index in [-0.39, 0.29) is 6.04 Å². The highest BCUT2D eigenvalue weighted by Gasteiger charge is 2.24. The Bertz CT molecular complexity index is 262. The van der Waals surface area contributed by atoms with Gasteiger partial charge in [0.05, 0.1) is 24.1 Å². The molecule has 0 spiro atoms. The summed E-state index contributed by atoms with van der Waals surface area (Å²) in [4.78, 5) is 8.27. The largest absolute Gasteiger partial charge is 0.304 e. The Morgan fingerprint density at radius 3 is 3.00 bits per heavy atom. The van der Waals surface area contributed by atoms with Gasteiger partial charge in [-0.15, -0.1) is 0 Å². The van der Waals surface area contributed by atoms with Gasteiger partial charge in [0.25, 0.3) is 0 Å². The van der Waals surface area contributed by atoms with Crippen LogP contribution in [0.4, 0.5) is 0 Å². The number of aromatic nitrogens is 2. The van der Waals surface area contributed by atoms with Crippen molar-refractivity contribution in [1.82, 2.24) is 26.1 Å². The first-order chi connectivity index (χ1) is 6.40. The predicted molar refractivity (Wildman–Crippen MR) is 48.5 cm³/mol. The zero-order chi connectivity index (χ0) is 9.10. The standard InChI is InChI=1S/C8H13N5/c1-9-8-4-6(12-13-8)7-5-10-2-3-11-7/h2-3,5-6,8-9,12-13H,4H2,1H3. The van der Waals surface area contributed by atoms with E-state index in [1.165, 1.54) is 0 Å². The fourth-order valence-corrected chi connectivity index (χ4v) is 1.43. The lowest BCUT2D eigenvalue weighted by atomic mass is 10.1. The minimum atomic E-state index is 0.256. The molecule has 3 N–H and O–H groups in total. The molecule has 1 aromatic heterocycles. The molecule has 1 aliphatic rings. The van der Waals surface area contributed by atoms with E-state index in [0.717, 1.165) is 12.1 Å². The van der Waals surface area contributed by atoms with Crippen LogP contribution in [0.25, 0.3) is 0 Å². The van der Waals surface area contributed by atoms with Gasteiger partial charge < -0.3 is 5.32 Å². The highest BCUT2D eigenvalue weighted by Crippen LogP contribution is 2.17. The molecule has 0 radical (unpaired) electrons. The lowest BCUT2D eigenvalue weighted by Gasteiger charge is -2.06. The molecule has 0 aliphatic carbocycles. The van der Waals surface area contributed by atoms with Gasteiger partial charge in [-0.1, -0.05) is 0 Å². The van der Waals surface area contributed by atoms with E-state index in [4.69, 9.17) is 0 Å². The molecule has 5 nitrogen and oxygen atoms in total. The average molecular weight is 179 g/mol. The van der Waals surface area contributed by atoms with Crippen LogP contribution in [0.3, 0.4) is 0 Å². The van der Waals surface area contributed by atoms with Crippen LogP contribution in [-0.2, 0) is 0 Å². The van der Waals surface area contributed by atoms with E-state index in [0.29, 0.717) is 6.17 Å². The first-order valence-corrected chi connectivity index (χ1v) is 4.34. The van der Waals surface area contributed by atoms with Crippen molar-refractivity contribution in [3.05, 3.63) is 24.3 Å². The highest BCUT2D eigenvalue weighted by molar-refractivity contribution is 5.04. The van der Waals surface area contributed by atoms with Crippen molar-refractivity contribution in [3.63, 3.8) is 0 Å². The van der Waals surface area contributed by atoms with E-state index in [1.807, 2.05) is 7.05 Å². The lowest BCUT2D eigenvalue weighted by Crippen LogP contribution is -2.39. The van der Waals surface area contributed by atoms with Crippen molar-refractivity contribution >= 4 is 0 Å². The Kier molecular flexibility index (Phi) is 2.49. The molecule has 0 aromatic carbocycles. The van der Waals surface area contributed by atoms with Crippen LogP contribution in [0, 0.1) is 0 Å². The maximum absolute atomic E-state index is 4.24. The summed E-state index contributed by atoms with van der Waals surface area (Å²) in [6, 6.07) is 0.256. The molecule has 0 amide bonds. The van der Waals surface area contributed by atoms with Crippen LogP contribution in [0.2, 0.25) is 0 Å². The monoisotopic (exact) mass is 179 g/mol. The molecule has 1 saturated heterocycles. The fraction of sp³-hybridized carbons (Fsp3) is 0.500. The molecule has 0 bridgehead atoms. The average Bonchev–Trinajstić information content (AvgIpc) is 2.67. The minimum absolute atomic E-state index is 0.256. The van der Waals surface area contributed by atoms with Crippen LogP contribution in [0.1, 0.15) is 18.2 Å². The normalized spacial score (nSPS) is 27.8. The van der Waals surface area contributed by atoms with Crippen molar-refractivity contribution in [1.29, 1.82) is 0 Å². The minimum Gasteiger partial charge on any atom is -0.304 e. The summed E-state index contributed by atoms with van der Waals surface area (Å²) < 4.78 is 0. The molecule has 2 heterocycles. The van der Waals surface area contributed by atoms with Gasteiger partial charge in [-0.05, 0) is 13.5 Å². The number of rotatable bonds is 2. The van der Waals surface area contributed by atoms with E-state index < -0.39 is 0 Å². The SMILES string of the molecule is CNC1CC(c2cnccn2)NN1. The predicted octanol–water partition coefficient (Wildman–Crippen LogP) is -0.439. The van der Waals surface area contributed by atoms with Crippen LogP contribution in [0.15, 0.2) is 18.6 Å². The van der Waals surface area contributed by atoms with Crippen LogP contribution in [-0.4, -0.2) is 23.2 Å². The molecular weight excluding hydrogens is 166 g/mol. The molecule has 2 rings (SSSR count). The number of nitrogens with one attached hydrogen (secondary N) is 3. The second kappa shape index (κ2) is 3.78. The van der Waals surface area contributed by atoms with Gasteiger partial charge in [0, 0.05) is 12.4 Å². The first kappa shape index (κ1) is 8.55. The maximum atomic E-state index is 4.24. The zero-order valence-corrected chi connectivity index (χ0v) is 7.49. The summed E-state index contributed by atoms with van der Waals surface area (Å²) in [7, 11) is 1.93. The molecule has 0 saturated carbocycles. The molecule has 2 atom stereocenters. The van der Waals surface area contributed by atoms with Crippen molar-refractivity contribution in [2.24, 2.45) is 0 Å². The van der Waals surface area contributed by atoms with Gasteiger partial charge in [0.15, 0.2) is 0 Å². The Hall–Kier alpha value is -1.04. The van der Waals surface area contributed by atoms with Crippen LogP contribution >= 0.6 is 0 Å². The third-order valence-corrected chi connectivity index (χ3v) is 2.19. The van der Waals surface area contributed by atoms with Gasteiger partial charge in [-0.3, -0.25) is 9.97 Å². The van der Waals surface area contributed by atoms with Crippen LogP contribution < -0.4 is 16.2 Å². The number of hydrogen-bond donors (Lipinski definition) is 3. The topological polar surface area (TPSA) is 61.9 Å². The van der Waals surface area contributed by atoms with E-state index >= 15 is 0 Å². The van der Waals surface area contributed by atoms with Crippen molar-refractivity contribution < 1.29 is 0 Å². The Morgan fingerprint density at radius 2 is 2.38 bits per heavy atom. The van der Waals surface area contributed by atoms with E-state index in [9.17, 15) is 0 Å². The van der Waals surface area contributed by atoms with Gasteiger partial charge in [0.1, 0.15) is 0 Å². The lowest BCUT2D eigenvalue weighted by molar-refractivity contribution is 0.494. The fourth-order valence-electron chi connectivity index (χ4n) is 1.43. The summed E-state index contributed by atoms with van der Waals surface area (Å²) in [5.74, 6) is 0. The van der Waals surface area contributed by atoms with E-state index in [1.54, 1.807) is 18.6 Å². The summed E-state index contributed by atoms with van der Waals surface area (Å²) in [6.45, 7) is 0. The van der Waals surface area contributed by atoms with Crippen molar-refractivity contribution in [2.75, 3.05) is 7.05 Å². The van der Waals surface area contributed by atoms with Gasteiger partial charge in [-0.2, -0.15) is 0 Å². The first-order valence-electron chi connectivity index (χ1n) is 4.34. The van der Waals surface area contributed by atoms with Crippen molar-refractivity contribution in [2.45, 2.75) is 18.6 Å². The van der Waals surface area contributed by atoms with Gasteiger partial charge in [0.2, 0.25) is 0 Å². The van der Waals surface area contributed by atoms with E-state index in [2.05, 4.69) is 26.1 Å². The third-order valence-electron chi connectivity index (χ3n) is 2.19. The third kappa shape index (κ3) is 1.82. The number of hydrazine groups is 1. The molecule has 1 aliphatic heterocycles. The Morgan fingerprint density at radius 1 is 1.46 bits per heavy atom. The van der Waals surface area contributed by atoms with Crippen molar-refractivity contribution in [3.8, 4) is 0 Å². The zero-order valence-electron chi connectivity index (χ0n) is 7.49. The summed E-state index contributed by atoms with van der Waals surface area (Å²) >= 11 is 0. The molecule has 5 heteroatoms. The molecular formula is C8H13N5. The highest BCUT2D eigenvalue weighted by atomic mass is 15.5. The van der Waals surface area contributed by atoms with Crippen LogP contribution in [0.5, 0.6) is 0 Å². The van der Waals surface area contributed by atoms with Gasteiger partial charge in [-0.25, -0.2) is 10.9 Å². The maximum Gasteiger partial charge on any atom is 0.0770 e. The Labute approximate surface area is 76.9 Å². The summed E-state index contributed by atoms with van der Waals surface area (Å²) in [5.41, 5.74) is 7.26. The second-order valence-electron chi connectivity index (χ2n) is 3.05. The van der Waals surface area contributed by atoms with Gasteiger partial charge >= 0.3 is 0 Å². The Balaban J connectivity index is 2.04. The number of hydrogen-bond acceptors (Lipinski definition) is 5. The summed E-state index contributed by atoms with van der Waals surface area (Å²) in [5, 5.41) is 3.14. The smallest absolute Gasteiger partial charge is 0.0770 e. The molecule has 1 fully saturated rings. The second-order valence-corrected chi connectivity index (χ2v) is 3.05. The number of nitrogens with zero attached hydrogens (tertiary/aromatic N) is 2. The molecule has 70 valence electrons. The molecule has 13 heavy (non-hydrogen) atoms. The summed E-state index contributed by atoms with van der Waals surface area (Å²) in [6.07, 6.45) is 6.48. The molecule has 1 aromatic rings.